The zero-order valence-corrected chi connectivity index (χ0v) is 17.6. The number of hydrogen-bond donors (Lipinski definition) is 3. The SMILES string of the molecule is Cc1cccc(C)c1NC(=O)CNC(=O)C[NH+](C)Cc1ccc(C(C)C)cc1. The van der Waals surface area contributed by atoms with E-state index in [0.29, 0.717) is 12.5 Å². The first-order valence-electron chi connectivity index (χ1n) is 9.79. The van der Waals surface area contributed by atoms with Crippen LogP contribution in [0.4, 0.5) is 5.69 Å². The molecule has 5 nitrogen and oxygen atoms in total. The fraction of sp³-hybridized carbons (Fsp3) is 0.391. The van der Waals surface area contributed by atoms with E-state index < -0.39 is 0 Å². The molecule has 0 aliphatic heterocycles. The summed E-state index contributed by atoms with van der Waals surface area (Å²) in [5, 5.41) is 5.59. The van der Waals surface area contributed by atoms with Gasteiger partial charge in [0.2, 0.25) is 5.91 Å². The van der Waals surface area contributed by atoms with E-state index in [4.69, 9.17) is 0 Å². The van der Waals surface area contributed by atoms with Crippen LogP contribution in [0.1, 0.15) is 42.0 Å². The molecule has 1 unspecified atom stereocenters. The molecule has 5 heteroatoms. The zero-order chi connectivity index (χ0) is 20.7. The van der Waals surface area contributed by atoms with Crippen LogP contribution in [-0.2, 0) is 16.1 Å². The molecule has 0 aliphatic carbocycles. The smallest absolute Gasteiger partial charge is 0.275 e. The second kappa shape index (κ2) is 10.0. The van der Waals surface area contributed by atoms with Crippen LogP contribution in [0, 0.1) is 13.8 Å². The van der Waals surface area contributed by atoms with Crippen molar-refractivity contribution in [2.24, 2.45) is 0 Å². The highest BCUT2D eigenvalue weighted by molar-refractivity contribution is 5.95. The van der Waals surface area contributed by atoms with Crippen LogP contribution >= 0.6 is 0 Å². The third-order valence-electron chi connectivity index (χ3n) is 4.81. The highest BCUT2D eigenvalue weighted by atomic mass is 16.2. The van der Waals surface area contributed by atoms with Crippen molar-refractivity contribution in [3.8, 4) is 0 Å². The number of nitrogens with one attached hydrogen (secondary N) is 3. The van der Waals surface area contributed by atoms with Crippen molar-refractivity contribution in [3.63, 3.8) is 0 Å². The molecule has 150 valence electrons. The highest BCUT2D eigenvalue weighted by Gasteiger charge is 2.13. The Morgan fingerprint density at radius 2 is 1.57 bits per heavy atom. The first kappa shape index (κ1) is 21.6. The molecule has 0 heterocycles. The first-order chi connectivity index (χ1) is 13.3. The molecular formula is C23H32N3O2+. The monoisotopic (exact) mass is 382 g/mol. The van der Waals surface area contributed by atoms with Gasteiger partial charge in [0.05, 0.1) is 13.6 Å². The molecular weight excluding hydrogens is 350 g/mol. The Morgan fingerprint density at radius 3 is 2.14 bits per heavy atom. The van der Waals surface area contributed by atoms with Gasteiger partial charge in [-0.25, -0.2) is 0 Å². The molecule has 0 aliphatic rings. The summed E-state index contributed by atoms with van der Waals surface area (Å²) in [7, 11) is 1.98. The second-order valence-corrected chi connectivity index (χ2v) is 7.80. The molecule has 0 spiro atoms. The van der Waals surface area contributed by atoms with Crippen molar-refractivity contribution in [2.45, 2.75) is 40.2 Å². The maximum atomic E-state index is 12.2. The van der Waals surface area contributed by atoms with E-state index in [0.717, 1.165) is 28.3 Å². The standard InChI is InChI=1S/C23H31N3O2/c1-16(2)20-11-9-19(10-12-20)14-26(5)15-22(28)24-13-21(27)25-23-17(3)7-6-8-18(23)4/h6-12,16H,13-15H2,1-5H3,(H,24,28)(H,25,27)/p+1. The predicted octanol–water partition coefficient (Wildman–Crippen LogP) is 2.20. The Morgan fingerprint density at radius 1 is 0.964 bits per heavy atom. The molecule has 2 amide bonds. The zero-order valence-electron chi connectivity index (χ0n) is 17.6. The number of amides is 2. The van der Waals surface area contributed by atoms with Crippen LogP contribution in [0.2, 0.25) is 0 Å². The summed E-state index contributed by atoms with van der Waals surface area (Å²) in [5.41, 5.74) is 5.34. The Balaban J connectivity index is 1.77. The average Bonchev–Trinajstić information content (AvgIpc) is 2.63. The normalized spacial score (nSPS) is 11.9. The van der Waals surface area contributed by atoms with Crippen molar-refractivity contribution in [1.82, 2.24) is 5.32 Å². The highest BCUT2D eigenvalue weighted by Crippen LogP contribution is 2.19. The van der Waals surface area contributed by atoms with Crippen molar-refractivity contribution in [2.75, 3.05) is 25.5 Å². The molecule has 0 fully saturated rings. The summed E-state index contributed by atoms with van der Waals surface area (Å²) >= 11 is 0. The van der Waals surface area contributed by atoms with Crippen molar-refractivity contribution in [3.05, 3.63) is 64.7 Å². The summed E-state index contributed by atoms with van der Waals surface area (Å²) in [6.45, 7) is 9.31. The van der Waals surface area contributed by atoms with E-state index in [1.54, 1.807) is 0 Å². The lowest BCUT2D eigenvalue weighted by Crippen LogP contribution is -3.08. The number of likely N-dealkylation sites (N-methyl/N-ethyl adjacent to an activating group) is 1. The van der Waals surface area contributed by atoms with Crippen LogP contribution in [0.15, 0.2) is 42.5 Å². The summed E-state index contributed by atoms with van der Waals surface area (Å²) < 4.78 is 0. The van der Waals surface area contributed by atoms with Crippen LogP contribution in [0.5, 0.6) is 0 Å². The Bertz CT molecular complexity index is 793. The van der Waals surface area contributed by atoms with Gasteiger partial charge in [0, 0.05) is 11.3 Å². The van der Waals surface area contributed by atoms with Gasteiger partial charge in [0.1, 0.15) is 6.54 Å². The van der Waals surface area contributed by atoms with Gasteiger partial charge >= 0.3 is 0 Å². The van der Waals surface area contributed by atoms with Crippen molar-refractivity contribution in [1.29, 1.82) is 0 Å². The minimum Gasteiger partial charge on any atom is -0.342 e. The van der Waals surface area contributed by atoms with Gasteiger partial charge in [-0.15, -0.1) is 0 Å². The maximum Gasteiger partial charge on any atom is 0.275 e. The Kier molecular flexibility index (Phi) is 7.76. The lowest BCUT2D eigenvalue weighted by molar-refractivity contribution is -0.885. The number of anilines is 1. The van der Waals surface area contributed by atoms with Crippen LogP contribution < -0.4 is 15.5 Å². The number of rotatable bonds is 8. The van der Waals surface area contributed by atoms with E-state index in [-0.39, 0.29) is 18.4 Å². The Hall–Kier alpha value is -2.66. The lowest BCUT2D eigenvalue weighted by Gasteiger charge is -2.15. The van der Waals surface area contributed by atoms with Gasteiger partial charge in [-0.1, -0.05) is 56.3 Å². The number of carbonyl (C=O) groups is 2. The third kappa shape index (κ3) is 6.50. The summed E-state index contributed by atoms with van der Waals surface area (Å²) in [5.74, 6) is 0.167. The average molecular weight is 383 g/mol. The van der Waals surface area contributed by atoms with Crippen LogP contribution in [0.3, 0.4) is 0 Å². The van der Waals surface area contributed by atoms with Crippen molar-refractivity contribution >= 4 is 17.5 Å². The van der Waals surface area contributed by atoms with Gasteiger partial charge in [-0.2, -0.15) is 0 Å². The summed E-state index contributed by atoms with van der Waals surface area (Å²) in [4.78, 5) is 25.4. The molecule has 1 atom stereocenters. The predicted molar refractivity (Wildman–Crippen MR) is 114 cm³/mol. The summed E-state index contributed by atoms with van der Waals surface area (Å²) in [6, 6.07) is 14.4. The van der Waals surface area contributed by atoms with Gasteiger partial charge in [-0.3, -0.25) is 9.59 Å². The molecule has 0 saturated carbocycles. The van der Waals surface area contributed by atoms with Gasteiger partial charge in [-0.05, 0) is 36.5 Å². The minimum atomic E-state index is -0.215. The van der Waals surface area contributed by atoms with E-state index in [1.807, 2.05) is 39.1 Å². The van der Waals surface area contributed by atoms with E-state index in [2.05, 4.69) is 48.7 Å². The number of quaternary nitrogens is 1. The topological polar surface area (TPSA) is 62.6 Å². The summed E-state index contributed by atoms with van der Waals surface area (Å²) in [6.07, 6.45) is 0. The number of aryl methyl sites for hydroxylation is 2. The molecule has 2 rings (SSSR count). The van der Waals surface area contributed by atoms with Gasteiger partial charge in [0.15, 0.2) is 6.54 Å². The van der Waals surface area contributed by atoms with E-state index in [9.17, 15) is 9.59 Å². The number of carbonyl (C=O) groups excluding carboxylic acids is 2. The number of benzene rings is 2. The molecule has 3 N–H and O–H groups in total. The number of para-hydroxylation sites is 1. The lowest BCUT2D eigenvalue weighted by atomic mass is 10.0. The molecule has 0 aromatic heterocycles. The maximum absolute atomic E-state index is 12.2. The minimum absolute atomic E-state index is 0.0248. The van der Waals surface area contributed by atoms with E-state index >= 15 is 0 Å². The molecule has 2 aromatic rings. The first-order valence-corrected chi connectivity index (χ1v) is 9.79. The molecule has 0 saturated heterocycles. The van der Waals surface area contributed by atoms with Crippen LogP contribution in [-0.4, -0.2) is 32.0 Å². The fourth-order valence-corrected chi connectivity index (χ4v) is 3.14. The largest absolute Gasteiger partial charge is 0.342 e. The third-order valence-corrected chi connectivity index (χ3v) is 4.81. The van der Waals surface area contributed by atoms with E-state index in [1.165, 1.54) is 11.1 Å². The molecule has 0 bridgehead atoms. The fourth-order valence-electron chi connectivity index (χ4n) is 3.14. The Labute approximate surface area is 168 Å². The number of hydrogen-bond acceptors (Lipinski definition) is 2. The van der Waals surface area contributed by atoms with Gasteiger partial charge < -0.3 is 15.5 Å². The second-order valence-electron chi connectivity index (χ2n) is 7.80. The van der Waals surface area contributed by atoms with Crippen LogP contribution in [0.25, 0.3) is 0 Å². The molecule has 2 aromatic carbocycles. The molecule has 28 heavy (non-hydrogen) atoms. The quantitative estimate of drug-likeness (QED) is 0.655. The van der Waals surface area contributed by atoms with Gasteiger partial charge in [0.25, 0.3) is 5.91 Å². The van der Waals surface area contributed by atoms with Crippen molar-refractivity contribution < 1.29 is 14.5 Å². The molecule has 0 radical (unpaired) electrons.